The lowest BCUT2D eigenvalue weighted by molar-refractivity contribution is -0.435. The molecule has 0 unspecified atom stereocenters. The van der Waals surface area contributed by atoms with E-state index in [0.29, 0.717) is 0 Å². The van der Waals surface area contributed by atoms with E-state index in [4.69, 9.17) is 23.2 Å². The Morgan fingerprint density at radius 3 is 1.96 bits per heavy atom. The third-order valence-electron chi connectivity index (χ3n) is 11.1. The van der Waals surface area contributed by atoms with Crippen molar-refractivity contribution in [3.8, 4) is 0 Å². The minimum Gasteiger partial charge on any atom is -0.344 e. The second-order valence-corrected chi connectivity index (χ2v) is 15.6. The molecule has 0 N–H and O–H groups in total. The van der Waals surface area contributed by atoms with Crippen molar-refractivity contribution in [2.45, 2.75) is 78.1 Å². The maximum atomic E-state index is 6.54. The number of benzene rings is 4. The summed E-state index contributed by atoms with van der Waals surface area (Å²) < 4.78 is 2.53. The maximum Gasteiger partial charge on any atom is 0.209 e. The molecular formula is C45H48Cl2N3+. The van der Waals surface area contributed by atoms with Crippen LogP contribution in [0.2, 0.25) is 10.0 Å². The smallest absolute Gasteiger partial charge is 0.209 e. The fourth-order valence-corrected chi connectivity index (χ4v) is 8.99. The molecule has 0 aromatic heterocycles. The van der Waals surface area contributed by atoms with Crippen LogP contribution in [0.15, 0.2) is 132 Å². The van der Waals surface area contributed by atoms with E-state index in [2.05, 4.69) is 153 Å². The molecule has 5 heteroatoms. The highest BCUT2D eigenvalue weighted by molar-refractivity contribution is 6.31. The monoisotopic (exact) mass is 700 g/mol. The number of halogens is 2. The second-order valence-electron chi connectivity index (χ2n) is 14.7. The van der Waals surface area contributed by atoms with E-state index in [1.165, 1.54) is 62.1 Å². The molecular weight excluding hydrogens is 653 g/mol. The lowest BCUT2D eigenvalue weighted by atomic mass is 9.79. The predicted molar refractivity (Wildman–Crippen MR) is 214 cm³/mol. The highest BCUT2D eigenvalue weighted by Gasteiger charge is 2.45. The minimum atomic E-state index is -0.163. The Hall–Kier alpha value is -4.05. The van der Waals surface area contributed by atoms with Crippen LogP contribution < -0.4 is 9.80 Å². The highest BCUT2D eigenvalue weighted by Crippen LogP contribution is 2.50. The van der Waals surface area contributed by atoms with E-state index in [9.17, 15) is 0 Å². The van der Waals surface area contributed by atoms with Gasteiger partial charge in [-0.05, 0) is 124 Å². The van der Waals surface area contributed by atoms with Crippen LogP contribution in [-0.4, -0.2) is 23.4 Å². The van der Waals surface area contributed by atoms with Gasteiger partial charge in [-0.15, -0.1) is 0 Å². The molecule has 256 valence electrons. The first-order valence-corrected chi connectivity index (χ1v) is 18.9. The zero-order chi connectivity index (χ0) is 35.2. The quantitative estimate of drug-likeness (QED) is 0.161. The minimum absolute atomic E-state index is 0.0905. The molecule has 0 spiro atoms. The van der Waals surface area contributed by atoms with Crippen molar-refractivity contribution in [3.05, 3.63) is 153 Å². The number of allylic oxidation sites excluding steroid dienone is 5. The van der Waals surface area contributed by atoms with E-state index in [1.807, 2.05) is 12.1 Å². The van der Waals surface area contributed by atoms with Crippen LogP contribution in [0.1, 0.15) is 78.4 Å². The Kier molecular flexibility index (Phi) is 9.35. The summed E-state index contributed by atoms with van der Waals surface area (Å²) in [5.74, 6) is 0. The first-order valence-electron chi connectivity index (χ1n) is 18.1. The lowest BCUT2D eigenvalue weighted by Gasteiger charge is -2.29. The van der Waals surface area contributed by atoms with Crippen LogP contribution in [0.25, 0.3) is 0 Å². The third kappa shape index (κ3) is 5.93. The van der Waals surface area contributed by atoms with Crippen molar-refractivity contribution in [1.82, 2.24) is 0 Å². The number of hydrogen-bond acceptors (Lipinski definition) is 2. The molecule has 0 saturated carbocycles. The van der Waals surface area contributed by atoms with Gasteiger partial charge in [-0.1, -0.05) is 79.5 Å². The van der Waals surface area contributed by atoms with Crippen LogP contribution >= 0.6 is 23.2 Å². The van der Waals surface area contributed by atoms with Gasteiger partial charge in [0.2, 0.25) is 5.69 Å². The molecule has 0 saturated heterocycles. The average molecular weight is 702 g/mol. The molecule has 0 bridgehead atoms. The summed E-state index contributed by atoms with van der Waals surface area (Å²) in [5, 5.41) is 1.59. The number of nitrogens with zero attached hydrogens (tertiary/aromatic N) is 3. The van der Waals surface area contributed by atoms with Gasteiger partial charge in [-0.25, -0.2) is 0 Å². The van der Waals surface area contributed by atoms with Crippen molar-refractivity contribution < 1.29 is 4.58 Å². The van der Waals surface area contributed by atoms with E-state index in [0.717, 1.165) is 48.8 Å². The summed E-state index contributed by atoms with van der Waals surface area (Å²) in [4.78, 5) is 4.95. The van der Waals surface area contributed by atoms with E-state index in [1.54, 1.807) is 0 Å². The molecule has 7 rings (SSSR count). The maximum absolute atomic E-state index is 6.54. The Morgan fingerprint density at radius 2 is 1.34 bits per heavy atom. The fraction of sp³-hybridized carbons (Fsp3) is 0.311. The van der Waals surface area contributed by atoms with Gasteiger partial charge in [0.05, 0.1) is 5.41 Å². The van der Waals surface area contributed by atoms with Crippen LogP contribution in [0, 0.1) is 0 Å². The van der Waals surface area contributed by atoms with Gasteiger partial charge in [0.15, 0.2) is 5.71 Å². The first-order chi connectivity index (χ1) is 24.1. The molecule has 3 aliphatic rings. The largest absolute Gasteiger partial charge is 0.344 e. The van der Waals surface area contributed by atoms with Crippen LogP contribution in [-0.2, 0) is 10.8 Å². The average Bonchev–Trinajstić information content (AvgIpc) is 3.68. The number of likely N-dealkylation sites (N-methyl/N-ethyl adjacent to an activating group) is 1. The Balaban J connectivity index is 1.35. The van der Waals surface area contributed by atoms with Gasteiger partial charge in [0.25, 0.3) is 0 Å². The second kappa shape index (κ2) is 13.6. The SMILES string of the molecule is CCN1/C(=C/C=C2\CCC(CCC3=[N+](CC)c4ccc(Cl)cc4C3(C)C)=C2N(c2ccccc2)c2ccccc2)C(C)(C)c2cc(Cl)ccc21. The van der Waals surface area contributed by atoms with Gasteiger partial charge < -0.3 is 9.80 Å². The van der Waals surface area contributed by atoms with Crippen molar-refractivity contribution in [3.63, 3.8) is 0 Å². The summed E-state index contributed by atoms with van der Waals surface area (Å²) in [7, 11) is 0. The number of para-hydroxylation sites is 2. The van der Waals surface area contributed by atoms with Crippen LogP contribution in [0.5, 0.6) is 0 Å². The Bertz CT molecular complexity index is 2010. The number of hydrogen-bond donors (Lipinski definition) is 0. The van der Waals surface area contributed by atoms with Gasteiger partial charge in [0, 0.05) is 68.5 Å². The standard InChI is InChI=1S/C45H48Cl2N3/c1-7-48-39-25-23-33(46)29-37(39)44(3,4)41(48)27-21-31-19-20-32(43(31)50(35-15-11-9-12-16-35)36-17-13-10-14-18-36)22-28-42-45(5,6)38-30-34(47)24-26-40(38)49(42)8-2/h9-18,21,23-27,29-30H,7-8,19-20,22,28H2,1-6H3/q+1/b31-21+,41-27+. The summed E-state index contributed by atoms with van der Waals surface area (Å²) in [6, 6.07) is 34.5. The molecule has 0 radical (unpaired) electrons. The summed E-state index contributed by atoms with van der Waals surface area (Å²) >= 11 is 13.1. The summed E-state index contributed by atoms with van der Waals surface area (Å²) in [6.45, 7) is 15.7. The van der Waals surface area contributed by atoms with Crippen molar-refractivity contribution in [1.29, 1.82) is 0 Å². The van der Waals surface area contributed by atoms with Gasteiger partial charge in [-0.2, -0.15) is 4.58 Å². The highest BCUT2D eigenvalue weighted by atomic mass is 35.5. The van der Waals surface area contributed by atoms with Gasteiger partial charge in [0.1, 0.15) is 6.54 Å². The Labute approximate surface area is 308 Å². The van der Waals surface area contributed by atoms with Crippen molar-refractivity contribution in [2.24, 2.45) is 0 Å². The van der Waals surface area contributed by atoms with Crippen molar-refractivity contribution in [2.75, 3.05) is 22.9 Å². The van der Waals surface area contributed by atoms with E-state index >= 15 is 0 Å². The number of anilines is 3. The number of fused-ring (bicyclic) bond motifs is 2. The molecule has 50 heavy (non-hydrogen) atoms. The zero-order valence-corrected chi connectivity index (χ0v) is 31.7. The van der Waals surface area contributed by atoms with Gasteiger partial charge >= 0.3 is 0 Å². The Morgan fingerprint density at radius 1 is 0.720 bits per heavy atom. The summed E-state index contributed by atoms with van der Waals surface area (Å²) in [6.07, 6.45) is 8.82. The van der Waals surface area contributed by atoms with Crippen LogP contribution in [0.3, 0.4) is 0 Å². The topological polar surface area (TPSA) is 9.49 Å². The predicted octanol–water partition coefficient (Wildman–Crippen LogP) is 12.7. The molecule has 0 amide bonds. The molecule has 0 atom stereocenters. The zero-order valence-electron chi connectivity index (χ0n) is 30.2. The molecule has 1 aliphatic carbocycles. The molecule has 0 fully saturated rings. The molecule has 4 aromatic rings. The molecule has 2 aliphatic heterocycles. The lowest BCUT2D eigenvalue weighted by Crippen LogP contribution is -2.29. The fourth-order valence-electron chi connectivity index (χ4n) is 8.65. The van der Waals surface area contributed by atoms with Crippen LogP contribution in [0.4, 0.5) is 22.7 Å². The van der Waals surface area contributed by atoms with Crippen molar-refractivity contribution >= 4 is 51.7 Å². The van der Waals surface area contributed by atoms with E-state index < -0.39 is 0 Å². The van der Waals surface area contributed by atoms with Gasteiger partial charge in [-0.3, -0.25) is 0 Å². The number of rotatable bonds is 9. The third-order valence-corrected chi connectivity index (χ3v) is 11.6. The normalized spacial score (nSPS) is 19.2. The molecule has 4 aromatic carbocycles. The molecule has 3 nitrogen and oxygen atoms in total. The first kappa shape index (κ1) is 34.4. The molecule has 2 heterocycles. The van der Waals surface area contributed by atoms with E-state index in [-0.39, 0.29) is 10.8 Å². The summed E-state index contributed by atoms with van der Waals surface area (Å²) in [5.41, 5.74) is 14.2.